The van der Waals surface area contributed by atoms with Gasteiger partial charge in [0.25, 0.3) is 0 Å². The lowest BCUT2D eigenvalue weighted by atomic mass is 9.94. The summed E-state index contributed by atoms with van der Waals surface area (Å²) in [6.07, 6.45) is 8.29. The molecule has 0 radical (unpaired) electrons. The first-order valence-electron chi connectivity index (χ1n) is 8.12. The van der Waals surface area contributed by atoms with Crippen LogP contribution in [0.4, 0.5) is 0 Å². The van der Waals surface area contributed by atoms with Crippen LogP contribution in [0.25, 0.3) is 0 Å². The summed E-state index contributed by atoms with van der Waals surface area (Å²) in [6.45, 7) is 1.28. The van der Waals surface area contributed by atoms with E-state index in [-0.39, 0.29) is 18.4 Å². The number of carbonyl (C=O) groups is 2. The highest BCUT2D eigenvalue weighted by Crippen LogP contribution is 2.26. The minimum atomic E-state index is -0.913. The summed E-state index contributed by atoms with van der Waals surface area (Å²) in [5.41, 5.74) is 1.90. The molecular weight excluding hydrogens is 310 g/mol. The number of aliphatic carboxylic acids is 1. The number of nitrogens with one attached hydrogen (secondary N) is 1. The molecule has 3 heterocycles. The Labute approximate surface area is 139 Å². The van der Waals surface area contributed by atoms with Crippen molar-refractivity contribution in [3.63, 3.8) is 0 Å². The van der Waals surface area contributed by atoms with Crippen LogP contribution in [0.3, 0.4) is 0 Å². The number of carbonyl (C=O) groups excluding carboxylic acids is 1. The van der Waals surface area contributed by atoms with Gasteiger partial charge in [-0.2, -0.15) is 10.2 Å². The Balaban J connectivity index is 1.56. The predicted octanol–water partition coefficient (Wildman–Crippen LogP) is 1.03. The Hall–Kier alpha value is -2.64. The minimum Gasteiger partial charge on any atom is -0.480 e. The summed E-state index contributed by atoms with van der Waals surface area (Å²) >= 11 is 0. The minimum absolute atomic E-state index is 0.139. The maximum Gasteiger partial charge on any atom is 0.325 e. The molecule has 2 N–H and O–H groups in total. The van der Waals surface area contributed by atoms with Crippen molar-refractivity contribution in [1.82, 2.24) is 24.9 Å². The number of aromatic amines is 1. The fourth-order valence-electron chi connectivity index (χ4n) is 3.09. The molecule has 1 amide bonds. The predicted molar refractivity (Wildman–Crippen MR) is 85.3 cm³/mol. The zero-order valence-corrected chi connectivity index (χ0v) is 13.4. The van der Waals surface area contributed by atoms with Crippen LogP contribution in [0, 0.1) is 0 Å². The Morgan fingerprint density at radius 2 is 2.29 bits per heavy atom. The first kappa shape index (κ1) is 16.2. The molecule has 1 atom stereocenters. The molecule has 8 heteroatoms. The van der Waals surface area contributed by atoms with Crippen molar-refractivity contribution in [3.8, 4) is 0 Å². The van der Waals surface area contributed by atoms with Gasteiger partial charge in [-0.3, -0.25) is 19.4 Å². The van der Waals surface area contributed by atoms with E-state index in [1.165, 1.54) is 4.68 Å². The summed E-state index contributed by atoms with van der Waals surface area (Å²) < 4.78 is 1.43. The molecule has 1 aliphatic rings. The molecule has 2 aromatic heterocycles. The van der Waals surface area contributed by atoms with Gasteiger partial charge in [0.2, 0.25) is 5.91 Å². The smallest absolute Gasteiger partial charge is 0.325 e. The third-order valence-corrected chi connectivity index (χ3v) is 4.33. The second-order valence-corrected chi connectivity index (χ2v) is 6.12. The quantitative estimate of drug-likeness (QED) is 0.823. The molecule has 8 nitrogen and oxygen atoms in total. The van der Waals surface area contributed by atoms with E-state index in [2.05, 4.69) is 15.3 Å². The van der Waals surface area contributed by atoms with Crippen LogP contribution in [-0.4, -0.2) is 55.0 Å². The first-order chi connectivity index (χ1) is 11.6. The van der Waals surface area contributed by atoms with Crippen LogP contribution in [0.1, 0.15) is 36.4 Å². The number of amides is 1. The lowest BCUT2D eigenvalue weighted by molar-refractivity contribution is -0.138. The molecule has 1 aliphatic heterocycles. The van der Waals surface area contributed by atoms with Gasteiger partial charge in [0, 0.05) is 37.8 Å². The van der Waals surface area contributed by atoms with Crippen molar-refractivity contribution in [2.24, 2.45) is 0 Å². The molecule has 0 aliphatic carbocycles. The third kappa shape index (κ3) is 4.01. The van der Waals surface area contributed by atoms with E-state index in [1.54, 1.807) is 18.6 Å². The fourth-order valence-corrected chi connectivity index (χ4v) is 3.09. The van der Waals surface area contributed by atoms with Gasteiger partial charge in [-0.25, -0.2) is 0 Å². The van der Waals surface area contributed by atoms with Gasteiger partial charge in [-0.1, -0.05) is 0 Å². The van der Waals surface area contributed by atoms with E-state index in [0.717, 1.165) is 30.6 Å². The molecule has 1 saturated heterocycles. The Morgan fingerprint density at radius 1 is 1.42 bits per heavy atom. The van der Waals surface area contributed by atoms with Gasteiger partial charge < -0.3 is 10.0 Å². The van der Waals surface area contributed by atoms with Gasteiger partial charge >= 0.3 is 5.97 Å². The molecule has 128 valence electrons. The highest BCUT2D eigenvalue weighted by molar-refractivity contribution is 5.76. The van der Waals surface area contributed by atoms with Gasteiger partial charge in [0.1, 0.15) is 6.54 Å². The van der Waals surface area contributed by atoms with Crippen molar-refractivity contribution < 1.29 is 14.7 Å². The van der Waals surface area contributed by atoms with Crippen LogP contribution < -0.4 is 0 Å². The van der Waals surface area contributed by atoms with Crippen LogP contribution in [0.5, 0.6) is 0 Å². The van der Waals surface area contributed by atoms with Gasteiger partial charge in [0.15, 0.2) is 0 Å². The number of carboxylic acids is 1. The normalized spacial score (nSPS) is 17.8. The van der Waals surface area contributed by atoms with E-state index in [1.807, 2.05) is 11.0 Å². The standard InChI is InChI=1S/C16H21N5O3/c22-15(4-3-12-8-17-18-9-12)20-6-1-2-13(10-20)14-5-7-21(19-14)11-16(23)24/h5,7-9,13H,1-4,6,10-11H2,(H,17,18)(H,23,24)/t13-/m1/s1. The number of aromatic nitrogens is 4. The number of carboxylic acid groups (broad SMARTS) is 1. The molecule has 2 aromatic rings. The van der Waals surface area contributed by atoms with Crippen molar-refractivity contribution in [2.75, 3.05) is 13.1 Å². The first-order valence-corrected chi connectivity index (χ1v) is 8.12. The number of aryl methyl sites for hydroxylation is 1. The number of hydrogen-bond donors (Lipinski definition) is 2. The largest absolute Gasteiger partial charge is 0.480 e. The summed E-state index contributed by atoms with van der Waals surface area (Å²) in [7, 11) is 0. The van der Waals surface area contributed by atoms with Crippen molar-refractivity contribution in [3.05, 3.63) is 35.9 Å². The van der Waals surface area contributed by atoms with E-state index < -0.39 is 5.97 Å². The molecule has 0 bridgehead atoms. The van der Waals surface area contributed by atoms with E-state index in [0.29, 0.717) is 19.4 Å². The molecule has 3 rings (SSSR count). The molecule has 0 unspecified atom stereocenters. The molecule has 24 heavy (non-hydrogen) atoms. The maximum absolute atomic E-state index is 12.4. The lowest BCUT2D eigenvalue weighted by Gasteiger charge is -2.32. The molecule has 0 spiro atoms. The highest BCUT2D eigenvalue weighted by Gasteiger charge is 2.26. The number of nitrogens with zero attached hydrogens (tertiary/aromatic N) is 4. The SMILES string of the molecule is O=C(O)Cn1ccc([C@@H]2CCCN(C(=O)CCc3cn[nH]c3)C2)n1. The van der Waals surface area contributed by atoms with Crippen molar-refractivity contribution in [1.29, 1.82) is 0 Å². The Morgan fingerprint density at radius 3 is 3.04 bits per heavy atom. The lowest BCUT2D eigenvalue weighted by Crippen LogP contribution is -2.39. The van der Waals surface area contributed by atoms with Gasteiger partial charge in [0.05, 0.1) is 11.9 Å². The van der Waals surface area contributed by atoms with Crippen LogP contribution >= 0.6 is 0 Å². The summed E-state index contributed by atoms with van der Waals surface area (Å²) in [6, 6.07) is 1.85. The average molecular weight is 331 g/mol. The van der Waals surface area contributed by atoms with Gasteiger partial charge in [-0.15, -0.1) is 0 Å². The number of hydrogen-bond acceptors (Lipinski definition) is 4. The summed E-state index contributed by atoms with van der Waals surface area (Å²) in [5, 5.41) is 19.8. The average Bonchev–Trinajstić information content (AvgIpc) is 3.24. The second kappa shape index (κ2) is 7.29. The Bertz CT molecular complexity index is 694. The van der Waals surface area contributed by atoms with E-state index in [4.69, 9.17) is 5.11 Å². The van der Waals surface area contributed by atoms with Crippen LogP contribution in [-0.2, 0) is 22.6 Å². The number of H-pyrrole nitrogens is 1. The van der Waals surface area contributed by atoms with Crippen molar-refractivity contribution >= 4 is 11.9 Å². The molecule has 0 saturated carbocycles. The molecule has 1 fully saturated rings. The third-order valence-electron chi connectivity index (χ3n) is 4.33. The molecule has 0 aromatic carbocycles. The highest BCUT2D eigenvalue weighted by atomic mass is 16.4. The van der Waals surface area contributed by atoms with E-state index >= 15 is 0 Å². The maximum atomic E-state index is 12.4. The number of piperidine rings is 1. The summed E-state index contributed by atoms with van der Waals surface area (Å²) in [5.74, 6) is -0.595. The topological polar surface area (TPSA) is 104 Å². The number of rotatable bonds is 6. The van der Waals surface area contributed by atoms with Crippen LogP contribution in [0.15, 0.2) is 24.7 Å². The zero-order chi connectivity index (χ0) is 16.9. The summed E-state index contributed by atoms with van der Waals surface area (Å²) in [4.78, 5) is 25.1. The van der Waals surface area contributed by atoms with Gasteiger partial charge in [-0.05, 0) is 30.9 Å². The van der Waals surface area contributed by atoms with Crippen LogP contribution in [0.2, 0.25) is 0 Å². The monoisotopic (exact) mass is 331 g/mol. The van der Waals surface area contributed by atoms with E-state index in [9.17, 15) is 9.59 Å². The Kier molecular flexibility index (Phi) is 4.93. The number of likely N-dealkylation sites (tertiary alicyclic amines) is 1. The second-order valence-electron chi connectivity index (χ2n) is 6.12. The van der Waals surface area contributed by atoms with Crippen molar-refractivity contribution in [2.45, 2.75) is 38.1 Å². The molecular formula is C16H21N5O3. The zero-order valence-electron chi connectivity index (χ0n) is 13.4. The fraction of sp³-hybridized carbons (Fsp3) is 0.500.